The van der Waals surface area contributed by atoms with Gasteiger partial charge < -0.3 is 14.4 Å². The maximum absolute atomic E-state index is 11.3. The molecule has 0 fully saturated rings. The van der Waals surface area contributed by atoms with E-state index in [-0.39, 0.29) is 5.56 Å². The van der Waals surface area contributed by atoms with Gasteiger partial charge in [0.15, 0.2) is 5.75 Å². The molecule has 4 heteroatoms. The second-order valence-electron chi connectivity index (χ2n) is 4.07. The lowest BCUT2D eigenvalue weighted by molar-refractivity contribution is 0.0693. The van der Waals surface area contributed by atoms with Crippen molar-refractivity contribution in [3.05, 3.63) is 41.6 Å². The number of methoxy groups -OCH3 is 1. The minimum Gasteiger partial charge on any atom is -0.494 e. The summed E-state index contributed by atoms with van der Waals surface area (Å²) in [4.78, 5) is 11.3. The largest absolute Gasteiger partial charge is 0.494 e. The van der Waals surface area contributed by atoms with Crippen LogP contribution in [0.3, 0.4) is 0 Å². The second kappa shape index (κ2) is 4.56. The first kappa shape index (κ1) is 12.2. The minimum absolute atomic E-state index is 0.221. The average molecular weight is 245 g/mol. The Balaban J connectivity index is 2.76. The average Bonchev–Trinajstić information content (AvgIpc) is 2.63. The topological polar surface area (TPSA) is 51.5 Å². The molecule has 0 radical (unpaired) electrons. The van der Waals surface area contributed by atoms with Gasteiger partial charge in [0.25, 0.3) is 0 Å². The summed E-state index contributed by atoms with van der Waals surface area (Å²) in [6.45, 7) is 1.78. The smallest absolute Gasteiger partial charge is 0.341 e. The van der Waals surface area contributed by atoms with E-state index in [0.717, 1.165) is 11.3 Å². The third-order valence-corrected chi connectivity index (χ3v) is 3.11. The van der Waals surface area contributed by atoms with Crippen molar-refractivity contribution >= 4 is 5.97 Å². The summed E-state index contributed by atoms with van der Waals surface area (Å²) in [5, 5.41) is 9.27. The van der Waals surface area contributed by atoms with Gasteiger partial charge in [0.2, 0.25) is 0 Å². The van der Waals surface area contributed by atoms with E-state index in [1.54, 1.807) is 6.92 Å². The number of hydrogen-bond acceptors (Lipinski definition) is 2. The molecule has 0 amide bonds. The monoisotopic (exact) mass is 245 g/mol. The first-order valence-electron chi connectivity index (χ1n) is 5.60. The number of hydrogen-bond donors (Lipinski definition) is 1. The molecule has 0 unspecified atom stereocenters. The molecular formula is C14H15NO3. The van der Waals surface area contributed by atoms with Gasteiger partial charge in [-0.2, -0.15) is 0 Å². The number of carboxylic acid groups (broad SMARTS) is 1. The fourth-order valence-corrected chi connectivity index (χ4v) is 2.14. The Bertz CT molecular complexity index is 585. The van der Waals surface area contributed by atoms with E-state index >= 15 is 0 Å². The maximum Gasteiger partial charge on any atom is 0.341 e. The Morgan fingerprint density at radius 2 is 1.89 bits per heavy atom. The van der Waals surface area contributed by atoms with Crippen LogP contribution < -0.4 is 4.74 Å². The predicted molar refractivity (Wildman–Crippen MR) is 69.1 cm³/mol. The molecule has 0 aliphatic heterocycles. The van der Waals surface area contributed by atoms with Crippen LogP contribution in [0.2, 0.25) is 0 Å². The summed E-state index contributed by atoms with van der Waals surface area (Å²) in [7, 11) is 3.33. The zero-order valence-corrected chi connectivity index (χ0v) is 10.6. The molecule has 0 atom stereocenters. The third kappa shape index (κ3) is 1.76. The predicted octanol–water partition coefficient (Wildman–Crippen LogP) is 2.71. The van der Waals surface area contributed by atoms with Crippen LogP contribution >= 0.6 is 0 Å². The Morgan fingerprint density at radius 1 is 1.28 bits per heavy atom. The van der Waals surface area contributed by atoms with Gasteiger partial charge in [-0.15, -0.1) is 0 Å². The normalized spacial score (nSPS) is 10.4. The Morgan fingerprint density at radius 3 is 2.39 bits per heavy atom. The van der Waals surface area contributed by atoms with Gasteiger partial charge in [0, 0.05) is 18.3 Å². The van der Waals surface area contributed by atoms with Crippen LogP contribution in [0.5, 0.6) is 5.75 Å². The molecule has 18 heavy (non-hydrogen) atoms. The first-order chi connectivity index (χ1) is 8.57. The van der Waals surface area contributed by atoms with Gasteiger partial charge in [-0.25, -0.2) is 4.79 Å². The Kier molecular flexibility index (Phi) is 3.10. The molecule has 1 heterocycles. The summed E-state index contributed by atoms with van der Waals surface area (Å²) in [6, 6.07) is 9.62. The number of aromatic nitrogens is 1. The molecule has 1 aromatic heterocycles. The SMILES string of the molecule is COc1c(C(=O)O)c(C)n(C)c1-c1ccccc1. The van der Waals surface area contributed by atoms with Gasteiger partial charge in [0.1, 0.15) is 5.56 Å². The first-order valence-corrected chi connectivity index (χ1v) is 5.60. The van der Waals surface area contributed by atoms with Gasteiger partial charge in [-0.3, -0.25) is 0 Å². The van der Waals surface area contributed by atoms with Crippen LogP contribution in [0.25, 0.3) is 11.3 Å². The quantitative estimate of drug-likeness (QED) is 0.904. The van der Waals surface area contributed by atoms with Crippen molar-refractivity contribution in [1.29, 1.82) is 0 Å². The number of rotatable bonds is 3. The highest BCUT2D eigenvalue weighted by Crippen LogP contribution is 2.37. The number of aromatic carboxylic acids is 1. The number of benzene rings is 1. The zero-order chi connectivity index (χ0) is 13.3. The van der Waals surface area contributed by atoms with Crippen molar-refractivity contribution in [2.75, 3.05) is 7.11 Å². The molecule has 1 aromatic carbocycles. The molecule has 0 bridgehead atoms. The molecule has 0 saturated heterocycles. The highest BCUT2D eigenvalue weighted by atomic mass is 16.5. The van der Waals surface area contributed by atoms with Gasteiger partial charge in [-0.1, -0.05) is 30.3 Å². The van der Waals surface area contributed by atoms with Crippen molar-refractivity contribution in [3.63, 3.8) is 0 Å². The molecule has 2 aromatic rings. The molecule has 1 N–H and O–H groups in total. The van der Waals surface area contributed by atoms with E-state index in [4.69, 9.17) is 4.74 Å². The van der Waals surface area contributed by atoms with Crippen LogP contribution in [-0.2, 0) is 7.05 Å². The molecule has 0 aliphatic rings. The highest BCUT2D eigenvalue weighted by molar-refractivity contribution is 5.96. The molecule has 94 valence electrons. The summed E-state index contributed by atoms with van der Waals surface area (Å²) < 4.78 is 7.14. The van der Waals surface area contributed by atoms with E-state index in [0.29, 0.717) is 11.4 Å². The second-order valence-corrected chi connectivity index (χ2v) is 4.07. The van der Waals surface area contributed by atoms with Crippen molar-refractivity contribution in [3.8, 4) is 17.0 Å². The van der Waals surface area contributed by atoms with Crippen LogP contribution in [0.4, 0.5) is 0 Å². The fourth-order valence-electron chi connectivity index (χ4n) is 2.14. The number of nitrogens with zero attached hydrogens (tertiary/aromatic N) is 1. The minimum atomic E-state index is -0.970. The summed E-state index contributed by atoms with van der Waals surface area (Å²) in [6.07, 6.45) is 0. The Hall–Kier alpha value is -2.23. The molecular weight excluding hydrogens is 230 g/mol. The summed E-state index contributed by atoms with van der Waals surface area (Å²) in [5.41, 5.74) is 2.62. The molecule has 2 rings (SSSR count). The zero-order valence-electron chi connectivity index (χ0n) is 10.6. The van der Waals surface area contributed by atoms with Gasteiger partial charge in [0.05, 0.1) is 12.8 Å². The Labute approximate surface area is 105 Å². The lowest BCUT2D eigenvalue weighted by Gasteiger charge is -2.07. The molecule has 0 saturated carbocycles. The number of carbonyl (C=O) groups is 1. The standard InChI is InChI=1S/C14H15NO3/c1-9-11(14(16)17)13(18-3)12(15(9)2)10-7-5-4-6-8-10/h4-8H,1-3H3,(H,16,17). The van der Waals surface area contributed by atoms with Crippen molar-refractivity contribution < 1.29 is 14.6 Å². The van der Waals surface area contributed by atoms with Crippen molar-refractivity contribution in [1.82, 2.24) is 4.57 Å². The number of ether oxygens (including phenoxy) is 1. The van der Waals surface area contributed by atoms with E-state index < -0.39 is 5.97 Å². The highest BCUT2D eigenvalue weighted by Gasteiger charge is 2.24. The van der Waals surface area contributed by atoms with Crippen LogP contribution in [0.1, 0.15) is 16.1 Å². The maximum atomic E-state index is 11.3. The van der Waals surface area contributed by atoms with E-state index in [9.17, 15) is 9.90 Å². The van der Waals surface area contributed by atoms with E-state index in [2.05, 4.69) is 0 Å². The summed E-state index contributed by atoms with van der Waals surface area (Å²) in [5.74, 6) is -0.559. The lowest BCUT2D eigenvalue weighted by Crippen LogP contribution is -2.00. The van der Waals surface area contributed by atoms with Crippen molar-refractivity contribution in [2.24, 2.45) is 7.05 Å². The van der Waals surface area contributed by atoms with Crippen LogP contribution in [0, 0.1) is 6.92 Å². The third-order valence-electron chi connectivity index (χ3n) is 3.11. The van der Waals surface area contributed by atoms with E-state index in [1.165, 1.54) is 7.11 Å². The fraction of sp³-hybridized carbons (Fsp3) is 0.214. The van der Waals surface area contributed by atoms with Gasteiger partial charge in [-0.05, 0) is 6.92 Å². The molecule has 4 nitrogen and oxygen atoms in total. The number of carboxylic acids is 1. The summed E-state index contributed by atoms with van der Waals surface area (Å²) >= 11 is 0. The molecule has 0 spiro atoms. The van der Waals surface area contributed by atoms with Crippen LogP contribution in [-0.4, -0.2) is 22.8 Å². The van der Waals surface area contributed by atoms with Gasteiger partial charge >= 0.3 is 5.97 Å². The van der Waals surface area contributed by atoms with Crippen LogP contribution in [0.15, 0.2) is 30.3 Å². The molecule has 0 aliphatic carbocycles. The van der Waals surface area contributed by atoms with Crippen molar-refractivity contribution in [2.45, 2.75) is 6.92 Å². The lowest BCUT2D eigenvalue weighted by atomic mass is 10.1. The van der Waals surface area contributed by atoms with E-state index in [1.807, 2.05) is 41.9 Å².